The minimum atomic E-state index is -0.548. The zero-order valence-electron chi connectivity index (χ0n) is 18.0. The van der Waals surface area contributed by atoms with Crippen LogP contribution in [0, 0.1) is 0 Å². The summed E-state index contributed by atoms with van der Waals surface area (Å²) in [6.45, 7) is 4.78. The third kappa shape index (κ3) is 4.68. The molecule has 0 radical (unpaired) electrons. The molecule has 0 aliphatic rings. The fourth-order valence-electron chi connectivity index (χ4n) is 3.36. The van der Waals surface area contributed by atoms with Crippen LogP contribution in [0.25, 0.3) is 17.1 Å². The molecule has 0 bridgehead atoms. The van der Waals surface area contributed by atoms with E-state index in [1.54, 1.807) is 29.7 Å². The Morgan fingerprint density at radius 2 is 1.66 bits per heavy atom. The molecule has 4 aromatic rings. The largest absolute Gasteiger partial charge is 0.378 e. The van der Waals surface area contributed by atoms with Crippen molar-refractivity contribution >= 4 is 11.6 Å². The summed E-state index contributed by atoms with van der Waals surface area (Å²) >= 11 is 0. The van der Waals surface area contributed by atoms with Gasteiger partial charge in [0.2, 0.25) is 0 Å². The fraction of sp³-hybridized carbons (Fsp3) is 0.160. The Balaban J connectivity index is 1.62. The summed E-state index contributed by atoms with van der Waals surface area (Å²) in [6.07, 6.45) is 0. The van der Waals surface area contributed by atoms with Gasteiger partial charge in [0, 0.05) is 16.8 Å². The van der Waals surface area contributed by atoms with Crippen molar-refractivity contribution in [1.82, 2.24) is 20.2 Å². The molecule has 0 spiro atoms. The van der Waals surface area contributed by atoms with Gasteiger partial charge in [0.1, 0.15) is 0 Å². The van der Waals surface area contributed by atoms with Gasteiger partial charge in [0.05, 0.1) is 12.2 Å². The molecule has 0 saturated heterocycles. The van der Waals surface area contributed by atoms with Crippen molar-refractivity contribution in [3.8, 4) is 17.1 Å². The second-order valence-corrected chi connectivity index (χ2v) is 7.75. The Kier molecular flexibility index (Phi) is 6.28. The zero-order valence-corrected chi connectivity index (χ0v) is 18.0. The van der Waals surface area contributed by atoms with Crippen LogP contribution in [0.5, 0.6) is 0 Å². The van der Waals surface area contributed by atoms with Crippen LogP contribution < -0.4 is 10.8 Å². The first kappa shape index (κ1) is 21.3. The lowest BCUT2D eigenvalue weighted by Crippen LogP contribution is -2.18. The van der Waals surface area contributed by atoms with Crippen LogP contribution in [0.3, 0.4) is 0 Å². The number of hydrogen-bond acceptors (Lipinski definition) is 5. The van der Waals surface area contributed by atoms with Gasteiger partial charge in [-0.2, -0.15) is 0 Å². The molecule has 0 aliphatic carbocycles. The smallest absolute Gasteiger partial charge is 0.274 e. The normalized spacial score (nSPS) is 10.9. The molecular weight excluding hydrogens is 402 g/mol. The molecule has 0 atom stereocenters. The molecule has 32 heavy (non-hydrogen) atoms. The number of benzene rings is 3. The van der Waals surface area contributed by atoms with Crippen LogP contribution in [-0.2, 0) is 6.54 Å². The maximum Gasteiger partial charge on any atom is 0.274 e. The van der Waals surface area contributed by atoms with E-state index in [1.165, 1.54) is 5.56 Å². The highest BCUT2D eigenvalue weighted by atomic mass is 16.5. The lowest BCUT2D eigenvalue weighted by Gasteiger charge is -2.10. The van der Waals surface area contributed by atoms with E-state index in [2.05, 4.69) is 43.4 Å². The second kappa shape index (κ2) is 9.45. The molecule has 0 saturated carbocycles. The maximum absolute atomic E-state index is 11.5. The van der Waals surface area contributed by atoms with Crippen LogP contribution >= 0.6 is 0 Å². The third-order valence-corrected chi connectivity index (χ3v) is 5.21. The fourth-order valence-corrected chi connectivity index (χ4v) is 3.36. The van der Waals surface area contributed by atoms with Crippen molar-refractivity contribution in [2.75, 3.05) is 5.32 Å². The topological polar surface area (TPSA) is 92.1 Å². The Hall–Kier alpha value is -3.97. The van der Waals surface area contributed by atoms with E-state index in [4.69, 9.17) is 15.3 Å². The summed E-state index contributed by atoms with van der Waals surface area (Å²) in [7, 11) is 0. The first-order valence-corrected chi connectivity index (χ1v) is 10.4. The number of hydroxylamine groups is 1. The van der Waals surface area contributed by atoms with E-state index in [0.717, 1.165) is 22.8 Å². The highest BCUT2D eigenvalue weighted by molar-refractivity contribution is 5.93. The van der Waals surface area contributed by atoms with Crippen LogP contribution in [0.15, 0.2) is 78.9 Å². The number of nitrogens with one attached hydrogen (secondary N) is 2. The molecule has 1 heterocycles. The van der Waals surface area contributed by atoms with E-state index in [0.29, 0.717) is 23.9 Å². The molecule has 3 aromatic carbocycles. The Bertz CT molecular complexity index is 1180. The van der Waals surface area contributed by atoms with Gasteiger partial charge in [-0.05, 0) is 47.9 Å². The monoisotopic (exact) mass is 427 g/mol. The highest BCUT2D eigenvalue weighted by Crippen LogP contribution is 2.21. The van der Waals surface area contributed by atoms with Crippen molar-refractivity contribution in [3.05, 3.63) is 95.8 Å². The van der Waals surface area contributed by atoms with E-state index in [-0.39, 0.29) is 0 Å². The SMILES string of the molecule is CC(C)c1ccc(-n2nc(-c3ccccc3)nc2CNc2ccc(C(=O)NO)cc2)cc1. The number of hydrogen-bond donors (Lipinski definition) is 3. The minimum absolute atomic E-state index is 0.373. The molecule has 162 valence electrons. The van der Waals surface area contributed by atoms with Gasteiger partial charge in [-0.25, -0.2) is 15.1 Å². The molecule has 0 unspecified atom stereocenters. The molecular formula is C25H25N5O2. The zero-order chi connectivity index (χ0) is 22.5. The van der Waals surface area contributed by atoms with Crippen LogP contribution in [0.4, 0.5) is 5.69 Å². The van der Waals surface area contributed by atoms with Crippen LogP contribution in [-0.4, -0.2) is 25.9 Å². The average molecular weight is 428 g/mol. The van der Waals surface area contributed by atoms with E-state index in [9.17, 15) is 4.79 Å². The van der Waals surface area contributed by atoms with Gasteiger partial charge in [0.25, 0.3) is 5.91 Å². The van der Waals surface area contributed by atoms with E-state index >= 15 is 0 Å². The van der Waals surface area contributed by atoms with Crippen molar-refractivity contribution in [1.29, 1.82) is 0 Å². The molecule has 4 rings (SSSR count). The Morgan fingerprint density at radius 1 is 0.969 bits per heavy atom. The summed E-state index contributed by atoms with van der Waals surface area (Å²) < 4.78 is 1.85. The van der Waals surface area contributed by atoms with Crippen molar-refractivity contribution in [2.24, 2.45) is 0 Å². The quantitative estimate of drug-likeness (QED) is 0.291. The summed E-state index contributed by atoms with van der Waals surface area (Å²) in [5.41, 5.74) is 5.99. The summed E-state index contributed by atoms with van der Waals surface area (Å²) in [6, 6.07) is 25.1. The number of nitrogens with zero attached hydrogens (tertiary/aromatic N) is 3. The number of carbonyl (C=O) groups excluding carboxylic acids is 1. The molecule has 1 aromatic heterocycles. The first-order valence-electron chi connectivity index (χ1n) is 10.4. The second-order valence-electron chi connectivity index (χ2n) is 7.75. The lowest BCUT2D eigenvalue weighted by molar-refractivity contribution is 0.0706. The summed E-state index contributed by atoms with van der Waals surface area (Å²) in [5.74, 6) is 1.33. The molecule has 3 N–H and O–H groups in total. The van der Waals surface area contributed by atoms with Gasteiger partial charge in [0.15, 0.2) is 11.6 Å². The van der Waals surface area contributed by atoms with Gasteiger partial charge in [-0.3, -0.25) is 10.0 Å². The predicted molar refractivity (Wildman–Crippen MR) is 124 cm³/mol. The molecule has 7 heteroatoms. The number of amides is 1. The number of carbonyl (C=O) groups is 1. The van der Waals surface area contributed by atoms with Crippen molar-refractivity contribution in [2.45, 2.75) is 26.3 Å². The Labute approximate surface area is 186 Å². The van der Waals surface area contributed by atoms with Crippen LogP contribution in [0.1, 0.15) is 41.5 Å². The Morgan fingerprint density at radius 3 is 2.28 bits per heavy atom. The summed E-state index contributed by atoms with van der Waals surface area (Å²) in [4.78, 5) is 16.3. The van der Waals surface area contributed by atoms with Crippen molar-refractivity contribution < 1.29 is 10.0 Å². The van der Waals surface area contributed by atoms with Gasteiger partial charge in [-0.1, -0.05) is 56.3 Å². The summed E-state index contributed by atoms with van der Waals surface area (Å²) in [5, 5.41) is 16.9. The van der Waals surface area contributed by atoms with Crippen molar-refractivity contribution in [3.63, 3.8) is 0 Å². The average Bonchev–Trinajstić information content (AvgIpc) is 3.27. The number of aromatic nitrogens is 3. The maximum atomic E-state index is 11.5. The van der Waals surface area contributed by atoms with E-state index < -0.39 is 5.91 Å². The highest BCUT2D eigenvalue weighted by Gasteiger charge is 2.14. The first-order chi connectivity index (χ1) is 15.5. The minimum Gasteiger partial charge on any atom is -0.378 e. The van der Waals surface area contributed by atoms with Crippen LogP contribution in [0.2, 0.25) is 0 Å². The lowest BCUT2D eigenvalue weighted by atomic mass is 10.0. The van der Waals surface area contributed by atoms with Gasteiger partial charge in [-0.15, -0.1) is 5.10 Å². The number of rotatable bonds is 7. The van der Waals surface area contributed by atoms with Gasteiger partial charge >= 0.3 is 0 Å². The molecule has 0 fully saturated rings. The predicted octanol–water partition coefficient (Wildman–Crippen LogP) is 4.79. The molecule has 1 amide bonds. The molecule has 0 aliphatic heterocycles. The molecule has 7 nitrogen and oxygen atoms in total. The van der Waals surface area contributed by atoms with E-state index in [1.807, 2.05) is 35.0 Å². The van der Waals surface area contributed by atoms with Gasteiger partial charge < -0.3 is 5.32 Å². The third-order valence-electron chi connectivity index (χ3n) is 5.21. The standard InChI is InChI=1S/C25H25N5O2/c1-17(2)18-10-14-22(15-11-18)30-23(27-24(28-30)19-6-4-3-5-7-19)16-26-21-12-8-20(9-13-21)25(31)29-32/h3-15,17,26,32H,16H2,1-2H3,(H,29,31). The number of anilines is 1.